The molecule has 9 atom stereocenters. The van der Waals surface area contributed by atoms with Crippen molar-refractivity contribution in [3.63, 3.8) is 0 Å². The lowest BCUT2D eigenvalue weighted by molar-refractivity contribution is -0.0641. The van der Waals surface area contributed by atoms with Gasteiger partial charge in [-0.3, -0.25) is 4.90 Å². The van der Waals surface area contributed by atoms with Crippen LogP contribution in [0.25, 0.3) is 0 Å². The molecule has 360 valence electrons. The third-order valence-electron chi connectivity index (χ3n) is 17.9. The van der Waals surface area contributed by atoms with Crippen LogP contribution in [0.5, 0.6) is 0 Å². The topological polar surface area (TPSA) is 30.9 Å². The van der Waals surface area contributed by atoms with E-state index in [1.807, 2.05) is 0 Å². The molecule has 2 unspecified atom stereocenters. The Hall–Kier alpha value is -0.680. The second-order valence-electron chi connectivity index (χ2n) is 22.9. The molecule has 4 heteroatoms. The molecule has 3 saturated carbocycles. The minimum absolute atomic E-state index is 0.425. The Morgan fingerprint density at radius 1 is 0.661 bits per heavy atom. The summed E-state index contributed by atoms with van der Waals surface area (Å²) in [6, 6.07) is 0.425. The van der Waals surface area contributed by atoms with E-state index >= 15 is 0 Å². The zero-order chi connectivity index (χ0) is 43.9. The first-order chi connectivity index (χ1) is 30.3. The molecular formula is C58H105NO3. The molecule has 4 nitrogen and oxygen atoms in total. The lowest BCUT2D eigenvalue weighted by Crippen LogP contribution is -2.51. The molecule has 0 aromatic carbocycles. The van der Waals surface area contributed by atoms with Crippen molar-refractivity contribution in [2.24, 2.45) is 46.3 Å². The summed E-state index contributed by atoms with van der Waals surface area (Å²) in [6.07, 6.45) is 49.9. The fraction of sp³-hybridized carbons (Fsp3) is 0.931. The van der Waals surface area contributed by atoms with Gasteiger partial charge in [0.2, 0.25) is 0 Å². The average molecular weight is 864 g/mol. The number of ether oxygens (including phenoxy) is 3. The largest absolute Gasteiger partial charge is 0.380 e. The van der Waals surface area contributed by atoms with Crippen LogP contribution < -0.4 is 0 Å². The molecule has 0 aromatic rings. The highest BCUT2D eigenvalue weighted by atomic mass is 16.5. The van der Waals surface area contributed by atoms with E-state index in [-0.39, 0.29) is 0 Å². The molecule has 62 heavy (non-hydrogen) atoms. The molecule has 1 heterocycles. The monoisotopic (exact) mass is 864 g/mol. The summed E-state index contributed by atoms with van der Waals surface area (Å²) in [5, 5.41) is 0. The maximum Gasteiger partial charge on any atom is 0.0644 e. The molecule has 0 radical (unpaired) electrons. The summed E-state index contributed by atoms with van der Waals surface area (Å²) >= 11 is 0. The molecule has 0 bridgehead atoms. The molecule has 1 saturated heterocycles. The number of hydrogen-bond donors (Lipinski definition) is 0. The molecule has 0 spiro atoms. The van der Waals surface area contributed by atoms with Crippen LogP contribution in [-0.4, -0.2) is 63.2 Å². The van der Waals surface area contributed by atoms with Gasteiger partial charge in [0.25, 0.3) is 0 Å². The fourth-order valence-corrected chi connectivity index (χ4v) is 14.0. The Morgan fingerprint density at radius 2 is 1.27 bits per heavy atom. The van der Waals surface area contributed by atoms with Crippen LogP contribution in [0.15, 0.2) is 23.8 Å². The van der Waals surface area contributed by atoms with Gasteiger partial charge in [0.15, 0.2) is 0 Å². The Kier molecular flexibility index (Phi) is 24.6. The molecule has 0 amide bonds. The quantitative estimate of drug-likeness (QED) is 0.0476. The van der Waals surface area contributed by atoms with Crippen molar-refractivity contribution in [2.75, 3.05) is 46.1 Å². The first-order valence-corrected chi connectivity index (χ1v) is 28.1. The summed E-state index contributed by atoms with van der Waals surface area (Å²) < 4.78 is 19.2. The van der Waals surface area contributed by atoms with Gasteiger partial charge < -0.3 is 14.2 Å². The number of hydrogen-bond acceptors (Lipinski definition) is 4. The van der Waals surface area contributed by atoms with E-state index in [9.17, 15) is 0 Å². The summed E-state index contributed by atoms with van der Waals surface area (Å²) in [7, 11) is 0. The van der Waals surface area contributed by atoms with Gasteiger partial charge in [0, 0.05) is 19.8 Å². The lowest BCUT2D eigenvalue weighted by atomic mass is 9.47. The third kappa shape index (κ3) is 16.6. The van der Waals surface area contributed by atoms with Gasteiger partial charge in [0.1, 0.15) is 0 Å². The van der Waals surface area contributed by atoms with Crippen molar-refractivity contribution in [3.8, 4) is 0 Å². The van der Waals surface area contributed by atoms with Gasteiger partial charge in [-0.25, -0.2) is 0 Å². The maximum absolute atomic E-state index is 6.62. The Labute approximate surface area is 386 Å². The predicted molar refractivity (Wildman–Crippen MR) is 267 cm³/mol. The molecule has 5 rings (SSSR count). The van der Waals surface area contributed by atoms with Gasteiger partial charge in [0.05, 0.1) is 25.4 Å². The molecule has 5 aliphatic rings. The van der Waals surface area contributed by atoms with Gasteiger partial charge in [-0.15, -0.1) is 0 Å². The maximum atomic E-state index is 6.62. The van der Waals surface area contributed by atoms with Crippen molar-refractivity contribution in [3.05, 3.63) is 23.8 Å². The van der Waals surface area contributed by atoms with Crippen molar-refractivity contribution in [2.45, 2.75) is 253 Å². The fourth-order valence-electron chi connectivity index (χ4n) is 14.0. The number of rotatable bonds is 34. The van der Waals surface area contributed by atoms with E-state index in [4.69, 9.17) is 14.2 Å². The van der Waals surface area contributed by atoms with E-state index in [2.05, 4.69) is 64.7 Å². The van der Waals surface area contributed by atoms with E-state index in [1.165, 1.54) is 206 Å². The standard InChI is InChI=1S/C58H105NO3/c1-7-8-9-10-11-12-13-14-15-16-17-18-19-20-21-26-42-60-46-51(59-40-24-25-41-59)47-61-43-27-22-23-28-44-62-52-36-38-57(5)50(45-52)32-33-53-55-35-34-54(49(4)31-29-30-48(2)3)58(55,6)39-37-56(53)57/h14-15,32,48-49,51-56H,7-13,16-31,33-47H2,1-6H3/b15-14-/t49-,51+,52+,53+,54-,55?,56?,57+,58-/m1/s1. The van der Waals surface area contributed by atoms with E-state index in [1.54, 1.807) is 5.57 Å². The first kappa shape index (κ1) is 52.3. The SMILES string of the molecule is CCCCCCCC/C=C\CCCCCCCCOC[C@@H](COCCCCCCO[C@H]1CC[C@@]2(C)C(=CC[C@@H]3C2CC[C@@]2(C)C3CC[C@@H]2[C@H](C)CCCC(C)C)C1)N1CCCC1. The zero-order valence-corrected chi connectivity index (χ0v) is 42.4. The molecular weight excluding hydrogens is 759 g/mol. The van der Waals surface area contributed by atoms with Gasteiger partial charge in [-0.1, -0.05) is 155 Å². The van der Waals surface area contributed by atoms with Gasteiger partial charge in [-0.05, 0) is 169 Å². The number of likely N-dealkylation sites (tertiary alicyclic amines) is 1. The Balaban J connectivity index is 0.863. The summed E-state index contributed by atoms with van der Waals surface area (Å²) in [5.74, 6) is 5.49. The number of nitrogens with zero attached hydrogens (tertiary/aromatic N) is 1. The third-order valence-corrected chi connectivity index (χ3v) is 17.9. The molecule has 4 aliphatic carbocycles. The molecule has 1 aliphatic heterocycles. The van der Waals surface area contributed by atoms with Crippen molar-refractivity contribution in [1.29, 1.82) is 0 Å². The number of allylic oxidation sites excluding steroid dienone is 3. The van der Waals surface area contributed by atoms with Crippen LogP contribution in [0.4, 0.5) is 0 Å². The van der Waals surface area contributed by atoms with Crippen LogP contribution in [0, 0.1) is 46.3 Å². The van der Waals surface area contributed by atoms with Crippen LogP contribution in [0.3, 0.4) is 0 Å². The Morgan fingerprint density at radius 3 is 1.92 bits per heavy atom. The summed E-state index contributed by atoms with van der Waals surface area (Å²) in [6.45, 7) is 21.9. The predicted octanol–water partition coefficient (Wildman–Crippen LogP) is 16.5. The van der Waals surface area contributed by atoms with Crippen LogP contribution in [-0.2, 0) is 14.2 Å². The minimum Gasteiger partial charge on any atom is -0.380 e. The zero-order valence-electron chi connectivity index (χ0n) is 42.4. The highest BCUT2D eigenvalue weighted by molar-refractivity contribution is 5.25. The summed E-state index contributed by atoms with van der Waals surface area (Å²) in [4.78, 5) is 2.63. The van der Waals surface area contributed by atoms with Crippen molar-refractivity contribution < 1.29 is 14.2 Å². The second-order valence-corrected chi connectivity index (χ2v) is 22.9. The van der Waals surface area contributed by atoms with E-state index in [0.717, 1.165) is 75.0 Å². The number of unbranched alkanes of at least 4 members (excludes halogenated alkanes) is 15. The van der Waals surface area contributed by atoms with Crippen LogP contribution >= 0.6 is 0 Å². The average Bonchev–Trinajstić information content (AvgIpc) is 3.93. The minimum atomic E-state index is 0.425. The van der Waals surface area contributed by atoms with Crippen molar-refractivity contribution >= 4 is 0 Å². The van der Waals surface area contributed by atoms with Crippen LogP contribution in [0.2, 0.25) is 0 Å². The van der Waals surface area contributed by atoms with Gasteiger partial charge in [-0.2, -0.15) is 0 Å². The molecule has 0 N–H and O–H groups in total. The van der Waals surface area contributed by atoms with Crippen molar-refractivity contribution in [1.82, 2.24) is 4.90 Å². The van der Waals surface area contributed by atoms with Gasteiger partial charge >= 0.3 is 0 Å². The smallest absolute Gasteiger partial charge is 0.0644 e. The normalized spacial score (nSPS) is 29.9. The van der Waals surface area contributed by atoms with Crippen LogP contribution in [0.1, 0.15) is 241 Å². The molecule has 4 fully saturated rings. The first-order valence-electron chi connectivity index (χ1n) is 28.1. The van der Waals surface area contributed by atoms with E-state index < -0.39 is 0 Å². The second kappa shape index (κ2) is 29.2. The lowest BCUT2D eigenvalue weighted by Gasteiger charge is -2.58. The number of fused-ring (bicyclic) bond motifs is 5. The Bertz CT molecular complexity index is 1220. The summed E-state index contributed by atoms with van der Waals surface area (Å²) in [5.41, 5.74) is 2.79. The highest BCUT2D eigenvalue weighted by Crippen LogP contribution is 2.67. The highest BCUT2D eigenvalue weighted by Gasteiger charge is 2.59. The molecule has 0 aromatic heterocycles. The van der Waals surface area contributed by atoms with E-state index in [0.29, 0.717) is 23.0 Å².